The quantitative estimate of drug-likeness (QED) is 0.880. The van der Waals surface area contributed by atoms with Crippen LogP contribution in [0.4, 0.5) is 0 Å². The van der Waals surface area contributed by atoms with Crippen LogP contribution in [0, 0.1) is 5.92 Å². The summed E-state index contributed by atoms with van der Waals surface area (Å²) in [5.41, 5.74) is 6.36. The van der Waals surface area contributed by atoms with Gasteiger partial charge in [0.15, 0.2) is 0 Å². The van der Waals surface area contributed by atoms with Crippen LogP contribution in [-0.4, -0.2) is 58.4 Å². The minimum Gasteiger partial charge on any atom is -0.347 e. The van der Waals surface area contributed by atoms with E-state index in [1.54, 1.807) is 0 Å². The third-order valence-electron chi connectivity index (χ3n) is 4.96. The molecule has 120 valence electrons. The van der Waals surface area contributed by atoms with Gasteiger partial charge in [-0.05, 0) is 30.9 Å². The van der Waals surface area contributed by atoms with Crippen molar-refractivity contribution in [2.45, 2.75) is 25.3 Å². The Hall–Kier alpha value is -1.82. The lowest BCUT2D eigenvalue weighted by Gasteiger charge is -2.47. The van der Waals surface area contributed by atoms with Crippen LogP contribution in [-0.2, 0) is 11.8 Å². The van der Waals surface area contributed by atoms with Crippen LogP contribution < -0.4 is 5.73 Å². The zero-order valence-electron chi connectivity index (χ0n) is 13.1. The van der Waals surface area contributed by atoms with E-state index in [9.17, 15) is 9.59 Å². The fraction of sp³-hybridized carbons (Fsp3) is 0.625. The molecule has 22 heavy (non-hydrogen) atoms. The molecule has 2 aliphatic rings. The number of likely N-dealkylation sites (tertiary alicyclic amines) is 2. The van der Waals surface area contributed by atoms with E-state index in [1.165, 1.54) is 0 Å². The van der Waals surface area contributed by atoms with Gasteiger partial charge >= 0.3 is 0 Å². The molecule has 0 bridgehead atoms. The number of aryl methyl sites for hydroxylation is 1. The van der Waals surface area contributed by atoms with Gasteiger partial charge in [-0.3, -0.25) is 9.59 Å². The Morgan fingerprint density at radius 3 is 2.91 bits per heavy atom. The average molecular weight is 304 g/mol. The van der Waals surface area contributed by atoms with Crippen molar-refractivity contribution in [3.05, 3.63) is 24.0 Å². The molecule has 3 rings (SSSR count). The topological polar surface area (TPSA) is 71.6 Å². The van der Waals surface area contributed by atoms with Gasteiger partial charge in [-0.15, -0.1) is 0 Å². The smallest absolute Gasteiger partial charge is 0.270 e. The molecule has 2 aliphatic heterocycles. The second kappa shape index (κ2) is 6.12. The number of amides is 2. The highest BCUT2D eigenvalue weighted by Crippen LogP contribution is 2.31. The second-order valence-electron chi connectivity index (χ2n) is 6.29. The van der Waals surface area contributed by atoms with E-state index < -0.39 is 0 Å². The Balaban J connectivity index is 1.71. The molecule has 1 aromatic rings. The number of carbonyl (C=O) groups is 2. The van der Waals surface area contributed by atoms with Crippen molar-refractivity contribution < 1.29 is 9.59 Å². The van der Waals surface area contributed by atoms with Crippen molar-refractivity contribution in [1.82, 2.24) is 14.4 Å². The fourth-order valence-electron chi connectivity index (χ4n) is 3.81. The summed E-state index contributed by atoms with van der Waals surface area (Å²) in [5.74, 6) is 0.685. The van der Waals surface area contributed by atoms with Crippen molar-refractivity contribution in [2.24, 2.45) is 18.7 Å². The van der Waals surface area contributed by atoms with E-state index in [4.69, 9.17) is 5.73 Å². The van der Waals surface area contributed by atoms with Gasteiger partial charge in [0.1, 0.15) is 5.69 Å². The summed E-state index contributed by atoms with van der Waals surface area (Å²) in [7, 11) is 1.89. The number of hydrogen-bond donors (Lipinski definition) is 1. The van der Waals surface area contributed by atoms with Crippen molar-refractivity contribution in [1.29, 1.82) is 0 Å². The predicted octanol–water partition coefficient (Wildman–Crippen LogP) is 0.437. The summed E-state index contributed by atoms with van der Waals surface area (Å²) in [4.78, 5) is 28.6. The molecule has 2 atom stereocenters. The highest BCUT2D eigenvalue weighted by atomic mass is 16.2. The van der Waals surface area contributed by atoms with E-state index in [0.717, 1.165) is 25.1 Å². The van der Waals surface area contributed by atoms with Gasteiger partial charge < -0.3 is 20.1 Å². The number of nitrogens with zero attached hydrogens (tertiary/aromatic N) is 3. The van der Waals surface area contributed by atoms with E-state index in [0.29, 0.717) is 32.0 Å². The third-order valence-corrected chi connectivity index (χ3v) is 4.96. The average Bonchev–Trinajstić information content (AvgIpc) is 2.95. The summed E-state index contributed by atoms with van der Waals surface area (Å²) in [5, 5.41) is 0. The summed E-state index contributed by atoms with van der Waals surface area (Å²) in [6, 6.07) is 4.00. The highest BCUT2D eigenvalue weighted by molar-refractivity contribution is 5.92. The zero-order valence-corrected chi connectivity index (χ0v) is 13.1. The van der Waals surface area contributed by atoms with Gasteiger partial charge in [0.25, 0.3) is 5.91 Å². The molecule has 0 saturated carbocycles. The maximum Gasteiger partial charge on any atom is 0.270 e. The molecular weight excluding hydrogens is 280 g/mol. The maximum absolute atomic E-state index is 12.6. The van der Waals surface area contributed by atoms with Crippen LogP contribution in [0.1, 0.15) is 29.8 Å². The van der Waals surface area contributed by atoms with Gasteiger partial charge in [0, 0.05) is 51.9 Å². The molecule has 2 fully saturated rings. The summed E-state index contributed by atoms with van der Waals surface area (Å²) in [6.07, 6.45) is 4.20. The molecule has 0 radical (unpaired) electrons. The molecule has 0 spiro atoms. The van der Waals surface area contributed by atoms with Gasteiger partial charge in [-0.25, -0.2) is 0 Å². The normalized spacial score (nSPS) is 25.3. The summed E-state index contributed by atoms with van der Waals surface area (Å²) >= 11 is 0. The minimum atomic E-state index is 0.0909. The van der Waals surface area contributed by atoms with Crippen LogP contribution in [0.3, 0.4) is 0 Å². The predicted molar refractivity (Wildman–Crippen MR) is 83.2 cm³/mol. The van der Waals surface area contributed by atoms with Crippen molar-refractivity contribution >= 4 is 11.8 Å². The van der Waals surface area contributed by atoms with Gasteiger partial charge in [0.2, 0.25) is 5.91 Å². The van der Waals surface area contributed by atoms with Gasteiger partial charge in [-0.1, -0.05) is 0 Å². The molecule has 3 heterocycles. The third kappa shape index (κ3) is 2.63. The first kappa shape index (κ1) is 15.1. The lowest BCUT2D eigenvalue weighted by atomic mass is 9.83. The largest absolute Gasteiger partial charge is 0.347 e. The van der Waals surface area contributed by atoms with Crippen LogP contribution in [0.5, 0.6) is 0 Å². The van der Waals surface area contributed by atoms with E-state index in [-0.39, 0.29) is 17.9 Å². The minimum absolute atomic E-state index is 0.0909. The van der Waals surface area contributed by atoms with Crippen molar-refractivity contribution in [3.8, 4) is 0 Å². The molecule has 2 N–H and O–H groups in total. The molecule has 6 heteroatoms. The molecule has 0 aliphatic carbocycles. The fourth-order valence-corrected chi connectivity index (χ4v) is 3.81. The number of fused-ring (bicyclic) bond motifs is 1. The number of aromatic nitrogens is 1. The number of carbonyl (C=O) groups excluding carboxylic acids is 2. The van der Waals surface area contributed by atoms with Gasteiger partial charge in [-0.2, -0.15) is 0 Å². The Kier molecular flexibility index (Phi) is 4.20. The lowest BCUT2D eigenvalue weighted by molar-refractivity contribution is -0.140. The molecule has 6 nitrogen and oxygen atoms in total. The van der Waals surface area contributed by atoms with Crippen molar-refractivity contribution in [2.75, 3.05) is 26.2 Å². The van der Waals surface area contributed by atoms with E-state index in [2.05, 4.69) is 0 Å². The van der Waals surface area contributed by atoms with Crippen LogP contribution in [0.2, 0.25) is 0 Å². The Bertz CT molecular complexity index is 568. The number of rotatable bonds is 3. The molecule has 2 unspecified atom stereocenters. The summed E-state index contributed by atoms with van der Waals surface area (Å²) < 4.78 is 1.86. The van der Waals surface area contributed by atoms with Crippen LogP contribution in [0.25, 0.3) is 0 Å². The molecule has 0 aromatic carbocycles. The van der Waals surface area contributed by atoms with E-state index >= 15 is 0 Å². The first-order valence-corrected chi connectivity index (χ1v) is 8.02. The molecule has 1 aromatic heterocycles. The molecular formula is C16H24N4O2. The van der Waals surface area contributed by atoms with Crippen molar-refractivity contribution in [3.63, 3.8) is 0 Å². The van der Waals surface area contributed by atoms with Gasteiger partial charge in [0.05, 0.1) is 0 Å². The first-order valence-electron chi connectivity index (χ1n) is 8.02. The lowest BCUT2D eigenvalue weighted by Crippen LogP contribution is -2.57. The Labute approximate surface area is 130 Å². The maximum atomic E-state index is 12.6. The monoisotopic (exact) mass is 304 g/mol. The van der Waals surface area contributed by atoms with Crippen LogP contribution in [0.15, 0.2) is 18.3 Å². The van der Waals surface area contributed by atoms with Crippen LogP contribution >= 0.6 is 0 Å². The number of hydrogen-bond acceptors (Lipinski definition) is 3. The zero-order chi connectivity index (χ0) is 15.7. The van der Waals surface area contributed by atoms with E-state index in [1.807, 2.05) is 39.7 Å². The molecule has 2 amide bonds. The SMILES string of the molecule is Cn1cccc1C(=O)N1CCC2C(CCC(=O)N2CCN)C1. The Morgan fingerprint density at radius 1 is 1.41 bits per heavy atom. The highest BCUT2D eigenvalue weighted by Gasteiger charge is 2.40. The standard InChI is InChI=1S/C16H24N4O2/c1-18-8-2-3-14(18)16(22)19-9-6-13-12(11-19)4-5-15(21)20(13)10-7-17/h2-3,8,12-13H,4-7,9-11,17H2,1H3. The second-order valence-corrected chi connectivity index (χ2v) is 6.29. The number of piperidine rings is 2. The molecule has 2 saturated heterocycles. The number of nitrogens with two attached hydrogens (primary N) is 1. The first-order chi connectivity index (χ1) is 10.6. The summed E-state index contributed by atoms with van der Waals surface area (Å²) in [6.45, 7) is 2.58. The Morgan fingerprint density at radius 2 is 2.23 bits per heavy atom.